The van der Waals surface area contributed by atoms with Crippen LogP contribution in [0.2, 0.25) is 0 Å². The van der Waals surface area contributed by atoms with Crippen molar-refractivity contribution in [3.8, 4) is 0 Å². The second kappa shape index (κ2) is 21.4. The maximum atomic E-state index is 2.00. The summed E-state index contributed by atoms with van der Waals surface area (Å²) < 4.78 is 0. The molecule has 2 aromatic carbocycles. The van der Waals surface area contributed by atoms with Crippen molar-refractivity contribution in [2.45, 2.75) is 0 Å². The molecular weight excluding hydrogens is 577 g/mol. The van der Waals surface area contributed by atoms with E-state index in [0.29, 0.717) is 0 Å². The van der Waals surface area contributed by atoms with Crippen molar-refractivity contribution in [1.82, 2.24) is 0 Å². The zero-order valence-electron chi connectivity index (χ0n) is 8.47. The van der Waals surface area contributed by atoms with Crippen molar-refractivity contribution in [3.63, 3.8) is 0 Å². The summed E-state index contributed by atoms with van der Waals surface area (Å²) in [4.78, 5) is 0. The van der Waals surface area contributed by atoms with E-state index >= 15 is 0 Å². The summed E-state index contributed by atoms with van der Waals surface area (Å²) in [6.45, 7) is 0. The number of rotatable bonds is 0. The van der Waals surface area contributed by atoms with Crippen LogP contribution in [0.15, 0.2) is 72.8 Å². The van der Waals surface area contributed by atoms with Crippen LogP contribution in [-0.2, 0) is 17.4 Å². The monoisotopic (exact) mass is 589 g/mol. The molecule has 0 spiro atoms. The fraction of sp³-hybridized carbons (Fsp3) is 0. The van der Waals surface area contributed by atoms with Gasteiger partial charge >= 0.3 is 17.4 Å². The van der Waals surface area contributed by atoms with Crippen LogP contribution >= 0.6 is 0 Å². The van der Waals surface area contributed by atoms with E-state index in [4.69, 9.17) is 0 Å². The molecule has 2 aromatic rings. The summed E-state index contributed by atoms with van der Waals surface area (Å²) in [5.41, 5.74) is 0. The molecule has 0 saturated heterocycles. The van der Waals surface area contributed by atoms with Crippen LogP contribution in [0.3, 0.4) is 0 Å². The van der Waals surface area contributed by atoms with Gasteiger partial charge in [0.2, 0.25) is 0 Å². The maximum absolute atomic E-state index is 2.00. The molecule has 0 fully saturated rings. The van der Waals surface area contributed by atoms with Crippen molar-refractivity contribution in [1.29, 1.82) is 0 Å². The normalized spacial score (nSPS) is 6.00. The second-order valence-electron chi connectivity index (χ2n) is 2.31. The van der Waals surface area contributed by atoms with Gasteiger partial charge in [0.05, 0.1) is 0 Å². The number of hydrogen-bond donors (Lipinski definition) is 0. The van der Waals surface area contributed by atoms with E-state index in [0.717, 1.165) is 0 Å². The first-order chi connectivity index (χ1) is 6.00. The molecule has 0 aliphatic rings. The van der Waals surface area contributed by atoms with Gasteiger partial charge in [0.25, 0.3) is 0 Å². The third-order valence-electron chi connectivity index (χ3n) is 1.33. The minimum Gasteiger partial charge on any atom is -1.00 e. The zero-order valence-corrected chi connectivity index (χ0v) is 16.2. The van der Waals surface area contributed by atoms with Crippen molar-refractivity contribution in [2.75, 3.05) is 0 Å². The Balaban J connectivity index is -0.0000000720. The van der Waals surface area contributed by atoms with Crippen LogP contribution in [0.25, 0.3) is 0 Å². The van der Waals surface area contributed by atoms with Crippen molar-refractivity contribution >= 4 is 0 Å². The van der Waals surface area contributed by atoms with E-state index in [-0.39, 0.29) is 89.3 Å². The molecule has 87 valence electrons. The Hall–Kier alpha value is 1.16. The van der Waals surface area contributed by atoms with Crippen molar-refractivity contribution in [3.05, 3.63) is 72.8 Å². The first kappa shape index (κ1) is 25.9. The Labute approximate surface area is 160 Å². The van der Waals surface area contributed by atoms with E-state index in [2.05, 4.69) is 0 Å². The summed E-state index contributed by atoms with van der Waals surface area (Å²) in [5.74, 6) is 0. The molecule has 4 heteroatoms. The van der Waals surface area contributed by atoms with Crippen LogP contribution in [0.5, 0.6) is 0 Å². The van der Waals surface area contributed by atoms with Crippen LogP contribution in [-0.4, -0.2) is 0 Å². The molecule has 0 heterocycles. The molecule has 16 heavy (non-hydrogen) atoms. The molecule has 0 aliphatic heterocycles. The summed E-state index contributed by atoms with van der Waals surface area (Å²) in [6, 6.07) is 24.0. The molecule has 0 saturated carbocycles. The molecule has 0 nitrogen and oxygen atoms in total. The standard InChI is InChI=1S/2C6H6.Cr.3HI/c2*1-2-4-6-5-3-1;;;;/h2*1-6H;;3*1H/q;;+3;;;/p-3. The minimum absolute atomic E-state index is 0. The zero-order chi connectivity index (χ0) is 8.49. The summed E-state index contributed by atoms with van der Waals surface area (Å²) in [7, 11) is 0. The number of halogens is 3. The molecule has 0 atom stereocenters. The predicted octanol–water partition coefficient (Wildman–Crippen LogP) is -5.62. The van der Waals surface area contributed by atoms with Gasteiger partial charge in [-0.15, -0.1) is 0 Å². The number of hydrogen-bond acceptors (Lipinski definition) is 0. The average molecular weight is 589 g/mol. The maximum Gasteiger partial charge on any atom is 3.00 e. The van der Waals surface area contributed by atoms with E-state index in [9.17, 15) is 0 Å². The van der Waals surface area contributed by atoms with Crippen LogP contribution in [0.1, 0.15) is 0 Å². The Morgan fingerprint density at radius 2 is 0.312 bits per heavy atom. The van der Waals surface area contributed by atoms with Gasteiger partial charge in [-0.05, 0) is 0 Å². The van der Waals surface area contributed by atoms with Gasteiger partial charge in [-0.1, -0.05) is 72.8 Å². The molecule has 0 unspecified atom stereocenters. The van der Waals surface area contributed by atoms with Crippen LogP contribution in [0, 0.1) is 0 Å². The van der Waals surface area contributed by atoms with E-state index in [1.165, 1.54) is 0 Å². The van der Waals surface area contributed by atoms with Gasteiger partial charge in [-0.25, -0.2) is 0 Å². The van der Waals surface area contributed by atoms with Gasteiger partial charge in [0.1, 0.15) is 0 Å². The first-order valence-corrected chi connectivity index (χ1v) is 4.00. The Kier molecular flexibility index (Phi) is 34.7. The van der Waals surface area contributed by atoms with Crippen LogP contribution in [0.4, 0.5) is 0 Å². The summed E-state index contributed by atoms with van der Waals surface area (Å²) >= 11 is 0. The third kappa shape index (κ3) is 17.6. The first-order valence-electron chi connectivity index (χ1n) is 4.00. The molecule has 0 aromatic heterocycles. The summed E-state index contributed by atoms with van der Waals surface area (Å²) in [5, 5.41) is 0. The van der Waals surface area contributed by atoms with Gasteiger partial charge in [-0.2, -0.15) is 0 Å². The van der Waals surface area contributed by atoms with Gasteiger partial charge < -0.3 is 71.9 Å². The van der Waals surface area contributed by atoms with Gasteiger partial charge in [0.15, 0.2) is 0 Å². The topological polar surface area (TPSA) is 0 Å². The molecule has 0 amide bonds. The number of benzene rings is 2. The summed E-state index contributed by atoms with van der Waals surface area (Å²) in [6.07, 6.45) is 0. The van der Waals surface area contributed by atoms with Gasteiger partial charge in [0, 0.05) is 0 Å². The third-order valence-corrected chi connectivity index (χ3v) is 1.33. The van der Waals surface area contributed by atoms with E-state index < -0.39 is 0 Å². The smallest absolute Gasteiger partial charge is 1.00 e. The van der Waals surface area contributed by atoms with Crippen molar-refractivity contribution in [2.24, 2.45) is 0 Å². The fourth-order valence-corrected chi connectivity index (χ4v) is 0.770. The van der Waals surface area contributed by atoms with Gasteiger partial charge in [-0.3, -0.25) is 0 Å². The average Bonchev–Trinajstić information content (AvgIpc) is 2.24. The SMILES string of the molecule is [Cr+3].[I-].[I-].[I-].c1ccccc1.c1ccccc1. The molecule has 0 bridgehead atoms. The van der Waals surface area contributed by atoms with Crippen molar-refractivity contribution < 1.29 is 89.3 Å². The molecule has 0 N–H and O–H groups in total. The Bertz CT molecular complexity index is 192. The minimum atomic E-state index is 0. The molecule has 0 aliphatic carbocycles. The quantitative estimate of drug-likeness (QED) is 0.270. The van der Waals surface area contributed by atoms with E-state index in [1.54, 1.807) is 0 Å². The second-order valence-corrected chi connectivity index (χ2v) is 2.31. The van der Waals surface area contributed by atoms with E-state index in [1.807, 2.05) is 72.8 Å². The Morgan fingerprint density at radius 1 is 0.250 bits per heavy atom. The largest absolute Gasteiger partial charge is 3.00 e. The molecule has 2 rings (SSSR count). The molecular formula is C12H12CrI3. The van der Waals surface area contributed by atoms with Crippen LogP contribution < -0.4 is 71.9 Å². The predicted molar refractivity (Wildman–Crippen MR) is 52.9 cm³/mol. The molecule has 1 radical (unpaired) electrons. The Morgan fingerprint density at radius 3 is 0.375 bits per heavy atom. The fourth-order valence-electron chi connectivity index (χ4n) is 0.770.